The van der Waals surface area contributed by atoms with E-state index in [0.717, 1.165) is 12.1 Å². The lowest BCUT2D eigenvalue weighted by molar-refractivity contribution is 0.481. The maximum absolute atomic E-state index is 6.24. The summed E-state index contributed by atoms with van der Waals surface area (Å²) in [6.45, 7) is 4.92. The van der Waals surface area contributed by atoms with Crippen molar-refractivity contribution < 1.29 is 4.74 Å². The summed E-state index contributed by atoms with van der Waals surface area (Å²) in [4.78, 5) is 0. The smallest absolute Gasteiger partial charge is 0.165 e. The summed E-state index contributed by atoms with van der Waals surface area (Å²) in [5.41, 5.74) is 1.13. The molecule has 0 radical (unpaired) electrons. The zero-order valence-electron chi connectivity index (χ0n) is 11.4. The Labute approximate surface area is 118 Å². The molecule has 1 heterocycles. The van der Waals surface area contributed by atoms with Gasteiger partial charge in [0.05, 0.1) is 17.4 Å². The van der Waals surface area contributed by atoms with Gasteiger partial charge in [0.15, 0.2) is 5.75 Å². The van der Waals surface area contributed by atoms with Crippen LogP contribution in [0.5, 0.6) is 11.5 Å². The largest absolute Gasteiger partial charge is 0.452 e. The number of rotatable bonds is 5. The van der Waals surface area contributed by atoms with E-state index in [0.29, 0.717) is 16.5 Å². The predicted octanol–water partition coefficient (Wildman–Crippen LogP) is 3.63. The van der Waals surface area contributed by atoms with Gasteiger partial charge in [-0.3, -0.25) is 4.68 Å². The number of ether oxygens (including phenoxy) is 1. The summed E-state index contributed by atoms with van der Waals surface area (Å²) in [6.07, 6.45) is 3.53. The molecule has 2 rings (SSSR count). The number of hydrogen-bond acceptors (Lipinski definition) is 3. The van der Waals surface area contributed by atoms with Crippen molar-refractivity contribution in [2.45, 2.75) is 26.4 Å². The number of aromatic nitrogens is 2. The highest BCUT2D eigenvalue weighted by Gasteiger charge is 2.09. The average molecular weight is 280 g/mol. The SMILES string of the molecule is CCn1cc(Oc2ccc(C(C)NC)cc2Cl)cn1. The van der Waals surface area contributed by atoms with Gasteiger partial charge in [0.1, 0.15) is 5.75 Å². The second-order valence-electron chi connectivity index (χ2n) is 4.33. The fourth-order valence-electron chi connectivity index (χ4n) is 1.73. The first-order valence-electron chi connectivity index (χ1n) is 6.31. The molecule has 1 aromatic carbocycles. The molecule has 2 aromatic rings. The Kier molecular flexibility index (Phi) is 4.45. The first kappa shape index (κ1) is 13.9. The first-order valence-corrected chi connectivity index (χ1v) is 6.69. The number of benzene rings is 1. The summed E-state index contributed by atoms with van der Waals surface area (Å²) < 4.78 is 7.53. The Bertz CT molecular complexity index is 553. The van der Waals surface area contributed by atoms with Gasteiger partial charge in [-0.05, 0) is 38.6 Å². The molecule has 0 aliphatic rings. The van der Waals surface area contributed by atoms with Gasteiger partial charge in [0.25, 0.3) is 0 Å². The van der Waals surface area contributed by atoms with E-state index in [9.17, 15) is 0 Å². The van der Waals surface area contributed by atoms with Crippen molar-refractivity contribution in [2.24, 2.45) is 0 Å². The Morgan fingerprint density at radius 2 is 2.26 bits per heavy atom. The summed E-state index contributed by atoms with van der Waals surface area (Å²) in [5.74, 6) is 1.34. The van der Waals surface area contributed by atoms with Crippen LogP contribution in [0, 0.1) is 0 Å². The maximum atomic E-state index is 6.24. The Balaban J connectivity index is 2.17. The minimum absolute atomic E-state index is 0.259. The molecule has 0 aliphatic heterocycles. The molecule has 4 nitrogen and oxygen atoms in total. The second-order valence-corrected chi connectivity index (χ2v) is 4.74. The number of nitrogens with one attached hydrogen (secondary N) is 1. The van der Waals surface area contributed by atoms with Crippen LogP contribution in [0.1, 0.15) is 25.5 Å². The summed E-state index contributed by atoms with van der Waals surface area (Å²) in [5, 5.41) is 7.93. The number of hydrogen-bond donors (Lipinski definition) is 1. The van der Waals surface area contributed by atoms with E-state index < -0.39 is 0 Å². The van der Waals surface area contributed by atoms with Gasteiger partial charge in [-0.2, -0.15) is 5.10 Å². The van der Waals surface area contributed by atoms with Crippen molar-refractivity contribution >= 4 is 11.6 Å². The summed E-state index contributed by atoms with van der Waals surface area (Å²) in [7, 11) is 1.92. The predicted molar refractivity (Wildman–Crippen MR) is 76.9 cm³/mol. The van der Waals surface area contributed by atoms with Crippen LogP contribution in [0.25, 0.3) is 0 Å². The summed E-state index contributed by atoms with van der Waals surface area (Å²) >= 11 is 6.24. The quantitative estimate of drug-likeness (QED) is 0.908. The van der Waals surface area contributed by atoms with E-state index in [-0.39, 0.29) is 6.04 Å². The fourth-order valence-corrected chi connectivity index (χ4v) is 1.96. The Hall–Kier alpha value is -1.52. The number of nitrogens with zero attached hydrogens (tertiary/aromatic N) is 2. The van der Waals surface area contributed by atoms with Crippen molar-refractivity contribution in [3.05, 3.63) is 41.2 Å². The molecule has 0 fully saturated rings. The minimum Gasteiger partial charge on any atom is -0.452 e. The number of aryl methyl sites for hydroxylation is 1. The van der Waals surface area contributed by atoms with E-state index >= 15 is 0 Å². The van der Waals surface area contributed by atoms with Crippen LogP contribution in [-0.2, 0) is 6.54 Å². The Morgan fingerprint density at radius 1 is 1.47 bits per heavy atom. The van der Waals surface area contributed by atoms with Crippen LogP contribution in [0.2, 0.25) is 5.02 Å². The fraction of sp³-hybridized carbons (Fsp3) is 0.357. The Morgan fingerprint density at radius 3 is 2.84 bits per heavy atom. The lowest BCUT2D eigenvalue weighted by Crippen LogP contribution is -2.12. The highest BCUT2D eigenvalue weighted by molar-refractivity contribution is 6.32. The normalized spacial score (nSPS) is 12.4. The van der Waals surface area contributed by atoms with Gasteiger partial charge >= 0.3 is 0 Å². The molecule has 0 spiro atoms. The zero-order chi connectivity index (χ0) is 13.8. The molecule has 0 amide bonds. The van der Waals surface area contributed by atoms with Gasteiger partial charge in [0.2, 0.25) is 0 Å². The molecule has 0 aliphatic carbocycles. The first-order chi connectivity index (χ1) is 9.13. The molecule has 1 N–H and O–H groups in total. The van der Waals surface area contributed by atoms with Gasteiger partial charge < -0.3 is 10.1 Å². The zero-order valence-corrected chi connectivity index (χ0v) is 12.1. The molecule has 0 bridgehead atoms. The van der Waals surface area contributed by atoms with Gasteiger partial charge in [-0.1, -0.05) is 17.7 Å². The highest BCUT2D eigenvalue weighted by Crippen LogP contribution is 2.31. The molecular formula is C14H18ClN3O. The number of halogens is 1. The standard InChI is InChI=1S/C14H18ClN3O/c1-4-18-9-12(8-17-18)19-14-6-5-11(7-13(14)15)10(2)16-3/h5-10,16H,4H2,1-3H3. The van der Waals surface area contributed by atoms with E-state index in [4.69, 9.17) is 16.3 Å². The second kappa shape index (κ2) is 6.08. The van der Waals surface area contributed by atoms with Gasteiger partial charge in [-0.15, -0.1) is 0 Å². The minimum atomic E-state index is 0.259. The topological polar surface area (TPSA) is 39.1 Å². The van der Waals surface area contributed by atoms with Gasteiger partial charge in [-0.25, -0.2) is 0 Å². The van der Waals surface area contributed by atoms with Crippen LogP contribution in [0.4, 0.5) is 0 Å². The van der Waals surface area contributed by atoms with Crippen molar-refractivity contribution in [1.82, 2.24) is 15.1 Å². The monoisotopic (exact) mass is 279 g/mol. The van der Waals surface area contributed by atoms with Crippen molar-refractivity contribution in [2.75, 3.05) is 7.05 Å². The summed E-state index contributed by atoms with van der Waals surface area (Å²) in [6, 6.07) is 6.07. The van der Waals surface area contributed by atoms with E-state index in [1.54, 1.807) is 10.9 Å². The van der Waals surface area contributed by atoms with Crippen molar-refractivity contribution in [3.8, 4) is 11.5 Å². The molecule has 0 saturated heterocycles. The van der Waals surface area contributed by atoms with Crippen LogP contribution in [-0.4, -0.2) is 16.8 Å². The molecule has 102 valence electrons. The third-order valence-corrected chi connectivity index (χ3v) is 3.35. The molecule has 1 atom stereocenters. The lowest BCUT2D eigenvalue weighted by Gasteiger charge is -2.12. The highest BCUT2D eigenvalue weighted by atomic mass is 35.5. The van der Waals surface area contributed by atoms with Gasteiger partial charge in [0, 0.05) is 12.6 Å². The lowest BCUT2D eigenvalue weighted by atomic mass is 10.1. The maximum Gasteiger partial charge on any atom is 0.165 e. The molecule has 5 heteroatoms. The van der Waals surface area contributed by atoms with Crippen molar-refractivity contribution in [3.63, 3.8) is 0 Å². The third-order valence-electron chi connectivity index (χ3n) is 3.05. The molecule has 1 aromatic heterocycles. The van der Waals surface area contributed by atoms with Crippen LogP contribution in [0.3, 0.4) is 0 Å². The van der Waals surface area contributed by atoms with Crippen LogP contribution in [0.15, 0.2) is 30.6 Å². The van der Waals surface area contributed by atoms with Crippen LogP contribution < -0.4 is 10.1 Å². The van der Waals surface area contributed by atoms with E-state index in [1.807, 2.05) is 38.4 Å². The average Bonchev–Trinajstić information content (AvgIpc) is 2.88. The third kappa shape index (κ3) is 3.28. The van der Waals surface area contributed by atoms with E-state index in [2.05, 4.69) is 17.3 Å². The van der Waals surface area contributed by atoms with Crippen molar-refractivity contribution in [1.29, 1.82) is 0 Å². The van der Waals surface area contributed by atoms with E-state index in [1.165, 1.54) is 0 Å². The molecule has 0 saturated carbocycles. The molecule has 19 heavy (non-hydrogen) atoms. The van der Waals surface area contributed by atoms with Crippen LogP contribution >= 0.6 is 11.6 Å². The molecule has 1 unspecified atom stereocenters. The molecular weight excluding hydrogens is 262 g/mol.